The third-order valence-corrected chi connectivity index (χ3v) is 3.63. The fraction of sp³-hybridized carbons (Fsp3) is 0.167. The van der Waals surface area contributed by atoms with Crippen LogP contribution in [0.5, 0.6) is 0 Å². The summed E-state index contributed by atoms with van der Waals surface area (Å²) in [4.78, 5) is 16.5. The average Bonchev–Trinajstić information content (AvgIpc) is 2.99. The predicted molar refractivity (Wildman–Crippen MR) is 91.1 cm³/mol. The van der Waals surface area contributed by atoms with Gasteiger partial charge in [0, 0.05) is 6.54 Å². The summed E-state index contributed by atoms with van der Waals surface area (Å²) in [5, 5.41) is 4.00. The lowest BCUT2D eigenvalue weighted by Gasteiger charge is -2.11. The van der Waals surface area contributed by atoms with Crippen molar-refractivity contribution in [1.29, 1.82) is 0 Å². The van der Waals surface area contributed by atoms with Crippen LogP contribution in [0.4, 0.5) is 0 Å². The number of hydrazone groups is 1. The monoisotopic (exact) mass is 306 g/mol. The number of amides is 1. The van der Waals surface area contributed by atoms with Crippen molar-refractivity contribution in [3.63, 3.8) is 0 Å². The maximum atomic E-state index is 12.1. The van der Waals surface area contributed by atoms with Crippen molar-refractivity contribution in [2.75, 3.05) is 0 Å². The first kappa shape index (κ1) is 15.0. The Labute approximate surface area is 134 Å². The van der Waals surface area contributed by atoms with Gasteiger partial charge in [-0.3, -0.25) is 4.79 Å². The Balaban J connectivity index is 1.60. The molecule has 1 atom stereocenters. The van der Waals surface area contributed by atoms with Gasteiger partial charge in [-0.1, -0.05) is 49.4 Å². The summed E-state index contributed by atoms with van der Waals surface area (Å²) in [6.07, 6.45) is 3.40. The van der Waals surface area contributed by atoms with E-state index in [9.17, 15) is 4.79 Å². The van der Waals surface area contributed by atoms with Crippen LogP contribution in [0.1, 0.15) is 12.5 Å². The summed E-state index contributed by atoms with van der Waals surface area (Å²) in [6, 6.07) is 17.5. The number of hydrogen-bond donors (Lipinski definition) is 1. The second-order valence-corrected chi connectivity index (χ2v) is 5.43. The van der Waals surface area contributed by atoms with E-state index in [-0.39, 0.29) is 11.8 Å². The van der Waals surface area contributed by atoms with E-state index >= 15 is 0 Å². The predicted octanol–water partition coefficient (Wildman–Crippen LogP) is 2.82. The highest BCUT2D eigenvalue weighted by molar-refractivity contribution is 5.83. The molecule has 0 saturated heterocycles. The van der Waals surface area contributed by atoms with E-state index in [0.29, 0.717) is 6.54 Å². The van der Waals surface area contributed by atoms with E-state index in [0.717, 1.165) is 16.6 Å². The molecule has 1 N–H and O–H groups in total. The third kappa shape index (κ3) is 3.63. The number of para-hydroxylation sites is 2. The van der Waals surface area contributed by atoms with Crippen LogP contribution in [0.15, 0.2) is 66.0 Å². The molecule has 3 rings (SSSR count). The minimum absolute atomic E-state index is 0.116. The van der Waals surface area contributed by atoms with Crippen molar-refractivity contribution in [2.45, 2.75) is 13.5 Å². The maximum absolute atomic E-state index is 12.1. The summed E-state index contributed by atoms with van der Waals surface area (Å²) in [6.45, 7) is 2.44. The molecule has 3 aromatic rings. The molecular weight excluding hydrogens is 288 g/mol. The largest absolute Gasteiger partial charge is 0.330 e. The summed E-state index contributed by atoms with van der Waals surface area (Å²) in [7, 11) is 0. The van der Waals surface area contributed by atoms with E-state index in [2.05, 4.69) is 15.5 Å². The standard InChI is InChI=1S/C18H18N4O/c1-14(12-22-13-19-16-9-5-6-10-17(16)22)18(23)21-20-11-15-7-3-2-4-8-15/h2-11,13-14H,12H2,1H3,(H,21,23)/b20-11-/t14-/m1/s1. The third-order valence-electron chi connectivity index (χ3n) is 3.63. The summed E-state index contributed by atoms with van der Waals surface area (Å²) in [5.74, 6) is -0.324. The van der Waals surface area contributed by atoms with Crippen molar-refractivity contribution in [1.82, 2.24) is 15.0 Å². The van der Waals surface area contributed by atoms with Crippen molar-refractivity contribution >= 4 is 23.2 Å². The van der Waals surface area contributed by atoms with Gasteiger partial charge in [0.25, 0.3) is 0 Å². The van der Waals surface area contributed by atoms with Gasteiger partial charge in [0.15, 0.2) is 0 Å². The van der Waals surface area contributed by atoms with Crippen LogP contribution in [-0.2, 0) is 11.3 Å². The smallest absolute Gasteiger partial charge is 0.244 e. The van der Waals surface area contributed by atoms with Crippen LogP contribution in [0.25, 0.3) is 11.0 Å². The molecule has 23 heavy (non-hydrogen) atoms. The fourth-order valence-corrected chi connectivity index (χ4v) is 2.35. The Hall–Kier alpha value is -2.95. The number of aromatic nitrogens is 2. The number of carbonyl (C=O) groups excluding carboxylic acids is 1. The first-order chi connectivity index (χ1) is 11.2. The molecule has 1 heterocycles. The van der Waals surface area contributed by atoms with E-state index in [1.807, 2.05) is 66.1 Å². The highest BCUT2D eigenvalue weighted by Crippen LogP contribution is 2.13. The van der Waals surface area contributed by atoms with Gasteiger partial charge in [-0.25, -0.2) is 10.4 Å². The van der Waals surface area contributed by atoms with Gasteiger partial charge in [0.2, 0.25) is 5.91 Å². The van der Waals surface area contributed by atoms with Gasteiger partial charge in [-0.05, 0) is 17.7 Å². The van der Waals surface area contributed by atoms with Crippen molar-refractivity contribution < 1.29 is 4.79 Å². The first-order valence-electron chi connectivity index (χ1n) is 7.52. The fourth-order valence-electron chi connectivity index (χ4n) is 2.35. The Morgan fingerprint density at radius 2 is 1.96 bits per heavy atom. The maximum Gasteiger partial charge on any atom is 0.244 e. The van der Waals surface area contributed by atoms with Gasteiger partial charge in [-0.15, -0.1) is 0 Å². The number of benzene rings is 2. The molecule has 1 aromatic heterocycles. The Morgan fingerprint density at radius 1 is 1.22 bits per heavy atom. The van der Waals surface area contributed by atoms with E-state index in [1.54, 1.807) is 12.5 Å². The lowest BCUT2D eigenvalue weighted by Crippen LogP contribution is -2.27. The molecule has 1 amide bonds. The van der Waals surface area contributed by atoms with Gasteiger partial charge in [0.05, 0.1) is 29.5 Å². The molecule has 5 heteroatoms. The molecule has 0 unspecified atom stereocenters. The molecule has 0 aliphatic rings. The zero-order valence-electron chi connectivity index (χ0n) is 12.9. The SMILES string of the molecule is C[C@H](Cn1cnc2ccccc21)C(=O)N/N=C\c1ccccc1. The van der Waals surface area contributed by atoms with Crippen LogP contribution < -0.4 is 5.43 Å². The molecule has 116 valence electrons. The zero-order valence-corrected chi connectivity index (χ0v) is 12.9. The molecule has 2 aromatic carbocycles. The van der Waals surface area contributed by atoms with E-state index in [1.165, 1.54) is 0 Å². The number of rotatable bonds is 5. The number of fused-ring (bicyclic) bond motifs is 1. The topological polar surface area (TPSA) is 59.3 Å². The van der Waals surface area contributed by atoms with Gasteiger partial charge in [-0.2, -0.15) is 5.10 Å². The molecule has 0 aliphatic carbocycles. The highest BCUT2D eigenvalue weighted by Gasteiger charge is 2.14. The molecule has 0 radical (unpaired) electrons. The quantitative estimate of drug-likeness (QED) is 0.582. The average molecular weight is 306 g/mol. The molecule has 0 saturated carbocycles. The van der Waals surface area contributed by atoms with Gasteiger partial charge < -0.3 is 4.57 Å². The minimum atomic E-state index is -0.208. The van der Waals surface area contributed by atoms with Crippen LogP contribution >= 0.6 is 0 Å². The summed E-state index contributed by atoms with van der Waals surface area (Å²) >= 11 is 0. The Kier molecular flexibility index (Phi) is 4.47. The number of nitrogens with zero attached hydrogens (tertiary/aromatic N) is 3. The molecule has 5 nitrogen and oxygen atoms in total. The van der Waals surface area contributed by atoms with Crippen LogP contribution in [0, 0.1) is 5.92 Å². The van der Waals surface area contributed by atoms with Gasteiger partial charge in [0.1, 0.15) is 0 Å². The van der Waals surface area contributed by atoms with Gasteiger partial charge >= 0.3 is 0 Å². The minimum Gasteiger partial charge on any atom is -0.330 e. The molecular formula is C18H18N4O. The van der Waals surface area contributed by atoms with Crippen LogP contribution in [0.2, 0.25) is 0 Å². The Morgan fingerprint density at radius 3 is 2.78 bits per heavy atom. The number of carbonyl (C=O) groups is 1. The second-order valence-electron chi connectivity index (χ2n) is 5.43. The number of hydrogen-bond acceptors (Lipinski definition) is 3. The first-order valence-corrected chi connectivity index (χ1v) is 7.52. The molecule has 0 fully saturated rings. The van der Waals surface area contributed by atoms with Crippen molar-refractivity contribution in [3.05, 3.63) is 66.5 Å². The number of imidazole rings is 1. The lowest BCUT2D eigenvalue weighted by atomic mass is 10.1. The Bertz CT molecular complexity index is 823. The molecule has 0 bridgehead atoms. The van der Waals surface area contributed by atoms with E-state index in [4.69, 9.17) is 0 Å². The summed E-state index contributed by atoms with van der Waals surface area (Å²) in [5.41, 5.74) is 5.49. The molecule has 0 aliphatic heterocycles. The highest BCUT2D eigenvalue weighted by atomic mass is 16.2. The summed E-state index contributed by atoms with van der Waals surface area (Å²) < 4.78 is 1.99. The van der Waals surface area contributed by atoms with Crippen molar-refractivity contribution in [3.8, 4) is 0 Å². The van der Waals surface area contributed by atoms with E-state index < -0.39 is 0 Å². The lowest BCUT2D eigenvalue weighted by molar-refractivity contribution is -0.124. The number of nitrogens with one attached hydrogen (secondary N) is 1. The van der Waals surface area contributed by atoms with Crippen molar-refractivity contribution in [2.24, 2.45) is 11.0 Å². The van der Waals surface area contributed by atoms with Crippen LogP contribution in [0.3, 0.4) is 0 Å². The molecule has 0 spiro atoms. The normalized spacial score (nSPS) is 12.6. The van der Waals surface area contributed by atoms with Crippen LogP contribution in [-0.4, -0.2) is 21.7 Å². The zero-order chi connectivity index (χ0) is 16.1. The second kappa shape index (κ2) is 6.87.